The third kappa shape index (κ3) is 4.27. The molecule has 0 aliphatic rings. The smallest absolute Gasteiger partial charge is 0.274 e. The van der Waals surface area contributed by atoms with Crippen molar-refractivity contribution >= 4 is 23.2 Å². The summed E-state index contributed by atoms with van der Waals surface area (Å²) in [6, 6.07) is 3.77. The molecule has 0 aromatic heterocycles. The summed E-state index contributed by atoms with van der Waals surface area (Å²) in [7, 11) is 0. The fraction of sp³-hybridized carbons (Fsp3) is 0.429. The van der Waals surface area contributed by atoms with Crippen LogP contribution in [0.25, 0.3) is 0 Å². The van der Waals surface area contributed by atoms with Crippen LogP contribution < -0.4 is 10.6 Å². The largest absolute Gasteiger partial charge is 0.344 e. The molecule has 0 fully saturated rings. The van der Waals surface area contributed by atoms with E-state index in [9.17, 15) is 19.7 Å². The van der Waals surface area contributed by atoms with Crippen LogP contribution in [0.1, 0.15) is 26.3 Å². The summed E-state index contributed by atoms with van der Waals surface area (Å²) in [6.45, 7) is 6.51. The molecule has 0 spiro atoms. The van der Waals surface area contributed by atoms with Crippen molar-refractivity contribution in [3.8, 4) is 0 Å². The minimum absolute atomic E-state index is 0.0616. The molecule has 1 atom stereocenters. The average molecular weight is 293 g/mol. The molecule has 0 aliphatic carbocycles. The van der Waals surface area contributed by atoms with Crippen molar-refractivity contribution in [2.24, 2.45) is 5.92 Å². The summed E-state index contributed by atoms with van der Waals surface area (Å²) in [6.07, 6.45) is 0. The number of hydrogen-bond acceptors (Lipinski definition) is 4. The fourth-order valence-electron chi connectivity index (χ4n) is 1.92. The molecule has 0 saturated carbocycles. The van der Waals surface area contributed by atoms with E-state index in [1.165, 1.54) is 19.1 Å². The number of amides is 2. The molecular weight excluding hydrogens is 274 g/mol. The van der Waals surface area contributed by atoms with Crippen molar-refractivity contribution in [1.82, 2.24) is 5.32 Å². The quantitative estimate of drug-likeness (QED) is 0.640. The number of benzene rings is 1. The van der Waals surface area contributed by atoms with E-state index in [-0.39, 0.29) is 17.5 Å². The maximum atomic E-state index is 12.2. The molecule has 1 unspecified atom stereocenters. The molecule has 114 valence electrons. The summed E-state index contributed by atoms with van der Waals surface area (Å²) in [5, 5.41) is 16.1. The van der Waals surface area contributed by atoms with E-state index in [4.69, 9.17) is 0 Å². The fourth-order valence-corrected chi connectivity index (χ4v) is 1.92. The standard InChI is InChI=1S/C14H19N3O4/c1-8(2)13(15-10(4)18)14(19)16-11-6-5-7-12(9(11)3)17(20)21/h5-8,13H,1-4H3,(H,15,18)(H,16,19). The Morgan fingerprint density at radius 3 is 2.38 bits per heavy atom. The predicted octanol–water partition coefficient (Wildman–Crippen LogP) is 2.00. The third-order valence-corrected chi connectivity index (χ3v) is 3.07. The molecule has 2 N–H and O–H groups in total. The number of nitro benzene ring substituents is 1. The van der Waals surface area contributed by atoms with Gasteiger partial charge in [-0.15, -0.1) is 0 Å². The normalized spacial score (nSPS) is 11.9. The first kappa shape index (κ1) is 16.6. The Labute approximate surface area is 122 Å². The number of nitrogens with one attached hydrogen (secondary N) is 2. The SMILES string of the molecule is CC(=O)NC(C(=O)Nc1cccc([N+](=O)[O-])c1C)C(C)C. The lowest BCUT2D eigenvalue weighted by atomic mass is 10.0. The Balaban J connectivity index is 2.99. The van der Waals surface area contributed by atoms with E-state index in [2.05, 4.69) is 10.6 Å². The van der Waals surface area contributed by atoms with Gasteiger partial charge in [-0.1, -0.05) is 19.9 Å². The van der Waals surface area contributed by atoms with Crippen LogP contribution in [0.15, 0.2) is 18.2 Å². The van der Waals surface area contributed by atoms with Gasteiger partial charge in [0.1, 0.15) is 6.04 Å². The van der Waals surface area contributed by atoms with E-state index >= 15 is 0 Å². The second-order valence-corrected chi connectivity index (χ2v) is 5.12. The number of nitrogens with zero attached hydrogens (tertiary/aromatic N) is 1. The zero-order valence-electron chi connectivity index (χ0n) is 12.5. The number of anilines is 1. The van der Waals surface area contributed by atoms with E-state index in [1.54, 1.807) is 26.8 Å². The van der Waals surface area contributed by atoms with Crippen molar-refractivity contribution in [2.45, 2.75) is 33.7 Å². The van der Waals surface area contributed by atoms with E-state index in [0.29, 0.717) is 11.3 Å². The first-order chi connectivity index (χ1) is 9.73. The van der Waals surface area contributed by atoms with Crippen LogP contribution in [-0.4, -0.2) is 22.8 Å². The minimum Gasteiger partial charge on any atom is -0.344 e. The number of carbonyl (C=O) groups excluding carboxylic acids is 2. The second-order valence-electron chi connectivity index (χ2n) is 5.12. The lowest BCUT2D eigenvalue weighted by molar-refractivity contribution is -0.385. The molecule has 0 aliphatic heterocycles. The van der Waals surface area contributed by atoms with Gasteiger partial charge in [0.15, 0.2) is 0 Å². The van der Waals surface area contributed by atoms with Gasteiger partial charge in [0.05, 0.1) is 16.2 Å². The van der Waals surface area contributed by atoms with Gasteiger partial charge in [-0.3, -0.25) is 19.7 Å². The van der Waals surface area contributed by atoms with Crippen molar-refractivity contribution < 1.29 is 14.5 Å². The van der Waals surface area contributed by atoms with Gasteiger partial charge >= 0.3 is 0 Å². The van der Waals surface area contributed by atoms with Gasteiger partial charge in [-0.25, -0.2) is 0 Å². The van der Waals surface area contributed by atoms with Crippen LogP contribution in [0, 0.1) is 23.0 Å². The lowest BCUT2D eigenvalue weighted by Crippen LogP contribution is -2.46. The van der Waals surface area contributed by atoms with Gasteiger partial charge in [0.25, 0.3) is 5.69 Å². The number of nitro groups is 1. The van der Waals surface area contributed by atoms with Crippen LogP contribution in [-0.2, 0) is 9.59 Å². The highest BCUT2D eigenvalue weighted by atomic mass is 16.6. The molecule has 0 saturated heterocycles. The highest BCUT2D eigenvalue weighted by Gasteiger charge is 2.24. The van der Waals surface area contributed by atoms with Gasteiger partial charge in [-0.05, 0) is 18.9 Å². The van der Waals surface area contributed by atoms with E-state index < -0.39 is 16.9 Å². The van der Waals surface area contributed by atoms with Gasteiger partial charge < -0.3 is 10.6 Å². The van der Waals surface area contributed by atoms with E-state index in [0.717, 1.165) is 0 Å². The summed E-state index contributed by atoms with van der Waals surface area (Å²) in [5.41, 5.74) is 0.680. The van der Waals surface area contributed by atoms with Crippen molar-refractivity contribution in [3.05, 3.63) is 33.9 Å². The minimum atomic E-state index is -0.693. The van der Waals surface area contributed by atoms with Gasteiger partial charge in [0.2, 0.25) is 11.8 Å². The number of hydrogen-bond donors (Lipinski definition) is 2. The van der Waals surface area contributed by atoms with Crippen molar-refractivity contribution in [2.75, 3.05) is 5.32 Å². The van der Waals surface area contributed by atoms with Crippen LogP contribution in [0.4, 0.5) is 11.4 Å². The Morgan fingerprint density at radius 1 is 1.29 bits per heavy atom. The van der Waals surface area contributed by atoms with Crippen LogP contribution >= 0.6 is 0 Å². The topological polar surface area (TPSA) is 101 Å². The van der Waals surface area contributed by atoms with Crippen LogP contribution in [0.3, 0.4) is 0 Å². The van der Waals surface area contributed by atoms with E-state index in [1.807, 2.05) is 0 Å². The lowest BCUT2D eigenvalue weighted by Gasteiger charge is -2.21. The molecule has 0 heterocycles. The molecular formula is C14H19N3O4. The zero-order valence-corrected chi connectivity index (χ0v) is 12.5. The summed E-state index contributed by atoms with van der Waals surface area (Å²) >= 11 is 0. The number of carbonyl (C=O) groups is 2. The molecule has 1 aromatic carbocycles. The van der Waals surface area contributed by atoms with Gasteiger partial charge in [-0.2, -0.15) is 0 Å². The highest BCUT2D eigenvalue weighted by Crippen LogP contribution is 2.25. The first-order valence-electron chi connectivity index (χ1n) is 6.56. The highest BCUT2D eigenvalue weighted by molar-refractivity contribution is 5.98. The molecule has 1 rings (SSSR count). The summed E-state index contributed by atoms with van der Waals surface area (Å²) in [5.74, 6) is -0.809. The van der Waals surface area contributed by atoms with Crippen molar-refractivity contribution in [1.29, 1.82) is 0 Å². The third-order valence-electron chi connectivity index (χ3n) is 3.07. The first-order valence-corrected chi connectivity index (χ1v) is 6.56. The molecule has 7 heteroatoms. The molecule has 2 amide bonds. The summed E-state index contributed by atoms with van der Waals surface area (Å²) in [4.78, 5) is 33.8. The molecule has 21 heavy (non-hydrogen) atoms. The molecule has 7 nitrogen and oxygen atoms in total. The Kier molecular flexibility index (Phi) is 5.40. The molecule has 0 radical (unpaired) electrons. The Bertz CT molecular complexity index is 569. The second kappa shape index (κ2) is 6.83. The van der Waals surface area contributed by atoms with Crippen LogP contribution in [0.2, 0.25) is 0 Å². The maximum Gasteiger partial charge on any atom is 0.274 e. The maximum absolute atomic E-state index is 12.2. The zero-order chi connectivity index (χ0) is 16.2. The Morgan fingerprint density at radius 2 is 1.90 bits per heavy atom. The average Bonchev–Trinajstić information content (AvgIpc) is 2.37. The van der Waals surface area contributed by atoms with Crippen LogP contribution in [0.5, 0.6) is 0 Å². The predicted molar refractivity (Wildman–Crippen MR) is 78.9 cm³/mol. The molecule has 1 aromatic rings. The summed E-state index contributed by atoms with van der Waals surface area (Å²) < 4.78 is 0. The monoisotopic (exact) mass is 293 g/mol. The van der Waals surface area contributed by atoms with Crippen molar-refractivity contribution in [3.63, 3.8) is 0 Å². The van der Waals surface area contributed by atoms with Gasteiger partial charge in [0, 0.05) is 13.0 Å². The Hall–Kier alpha value is -2.44. The molecule has 0 bridgehead atoms. The number of rotatable bonds is 5.